The average Bonchev–Trinajstić information content (AvgIpc) is 2.83. The van der Waals surface area contributed by atoms with Gasteiger partial charge in [0.05, 0.1) is 0 Å². The SMILES string of the molecule is CCc1ccc(CCN(C)C2CCCC2N)cc1. The van der Waals surface area contributed by atoms with Crippen LogP contribution in [0.2, 0.25) is 0 Å². The minimum atomic E-state index is 0.387. The maximum Gasteiger partial charge on any atom is 0.0244 e. The number of likely N-dealkylation sites (N-methyl/N-ethyl adjacent to an activating group) is 1. The molecule has 0 spiro atoms. The molecule has 1 aliphatic carbocycles. The molecule has 1 aliphatic rings. The maximum atomic E-state index is 6.15. The molecule has 0 radical (unpaired) electrons. The van der Waals surface area contributed by atoms with Crippen molar-refractivity contribution < 1.29 is 0 Å². The van der Waals surface area contributed by atoms with E-state index >= 15 is 0 Å². The van der Waals surface area contributed by atoms with Gasteiger partial charge in [-0.3, -0.25) is 0 Å². The van der Waals surface area contributed by atoms with Crippen molar-refractivity contribution in [1.29, 1.82) is 0 Å². The van der Waals surface area contributed by atoms with E-state index in [2.05, 4.69) is 43.1 Å². The van der Waals surface area contributed by atoms with E-state index in [0.717, 1.165) is 19.4 Å². The highest BCUT2D eigenvalue weighted by molar-refractivity contribution is 5.22. The lowest BCUT2D eigenvalue weighted by Gasteiger charge is -2.27. The molecular formula is C16H26N2. The second-order valence-electron chi connectivity index (χ2n) is 5.56. The van der Waals surface area contributed by atoms with Crippen molar-refractivity contribution in [1.82, 2.24) is 4.90 Å². The monoisotopic (exact) mass is 246 g/mol. The molecule has 0 aliphatic heterocycles. The standard InChI is InChI=1S/C16H26N2/c1-3-13-7-9-14(10-8-13)11-12-18(2)16-6-4-5-15(16)17/h7-10,15-16H,3-6,11-12,17H2,1-2H3. The molecule has 0 aromatic heterocycles. The molecule has 1 saturated carbocycles. The third kappa shape index (κ3) is 3.33. The lowest BCUT2D eigenvalue weighted by Crippen LogP contribution is -2.42. The van der Waals surface area contributed by atoms with E-state index in [9.17, 15) is 0 Å². The third-order valence-corrected chi connectivity index (χ3v) is 4.28. The number of hydrogen-bond acceptors (Lipinski definition) is 2. The molecule has 1 aromatic carbocycles. The molecule has 0 bridgehead atoms. The Balaban J connectivity index is 1.83. The van der Waals surface area contributed by atoms with Gasteiger partial charge in [-0.1, -0.05) is 37.6 Å². The Morgan fingerprint density at radius 3 is 2.39 bits per heavy atom. The lowest BCUT2D eigenvalue weighted by atomic mass is 10.1. The number of rotatable bonds is 5. The molecule has 1 aromatic rings. The van der Waals surface area contributed by atoms with Crippen LogP contribution in [-0.4, -0.2) is 30.6 Å². The number of benzene rings is 1. The quantitative estimate of drug-likeness (QED) is 0.865. The minimum absolute atomic E-state index is 0.387. The summed E-state index contributed by atoms with van der Waals surface area (Å²) < 4.78 is 0. The van der Waals surface area contributed by atoms with Gasteiger partial charge >= 0.3 is 0 Å². The first-order valence-electron chi connectivity index (χ1n) is 7.24. The zero-order valence-corrected chi connectivity index (χ0v) is 11.7. The molecule has 2 heteroatoms. The van der Waals surface area contributed by atoms with Crippen molar-refractivity contribution >= 4 is 0 Å². The van der Waals surface area contributed by atoms with Gasteiger partial charge in [-0.15, -0.1) is 0 Å². The second-order valence-corrected chi connectivity index (χ2v) is 5.56. The Kier molecular flexibility index (Phi) is 4.79. The van der Waals surface area contributed by atoms with Crippen molar-refractivity contribution in [3.05, 3.63) is 35.4 Å². The van der Waals surface area contributed by atoms with Crippen molar-refractivity contribution in [3.8, 4) is 0 Å². The fraction of sp³-hybridized carbons (Fsp3) is 0.625. The summed E-state index contributed by atoms with van der Waals surface area (Å²) in [7, 11) is 2.22. The lowest BCUT2D eigenvalue weighted by molar-refractivity contribution is 0.231. The van der Waals surface area contributed by atoms with Crippen molar-refractivity contribution in [2.24, 2.45) is 5.73 Å². The molecule has 0 amide bonds. The highest BCUT2D eigenvalue weighted by Gasteiger charge is 2.26. The van der Waals surface area contributed by atoms with Gasteiger partial charge in [-0.05, 0) is 43.9 Å². The summed E-state index contributed by atoms with van der Waals surface area (Å²) in [6.07, 6.45) is 6.01. The molecule has 2 N–H and O–H groups in total. The van der Waals surface area contributed by atoms with Crippen LogP contribution >= 0.6 is 0 Å². The molecule has 2 unspecified atom stereocenters. The van der Waals surface area contributed by atoms with E-state index in [-0.39, 0.29) is 0 Å². The molecule has 100 valence electrons. The number of nitrogens with two attached hydrogens (primary N) is 1. The Morgan fingerprint density at radius 2 is 1.83 bits per heavy atom. The summed E-state index contributed by atoms with van der Waals surface area (Å²) in [6, 6.07) is 10.0. The normalized spacial score (nSPS) is 23.8. The maximum absolute atomic E-state index is 6.15. The molecular weight excluding hydrogens is 220 g/mol. The predicted octanol–water partition coefficient (Wildman–Crippen LogP) is 2.60. The molecule has 2 atom stereocenters. The summed E-state index contributed by atoms with van der Waals surface area (Å²) in [6.45, 7) is 3.31. The van der Waals surface area contributed by atoms with E-state index < -0.39 is 0 Å². The largest absolute Gasteiger partial charge is 0.326 e. The highest BCUT2D eigenvalue weighted by Crippen LogP contribution is 2.21. The van der Waals surface area contributed by atoms with E-state index in [1.165, 1.54) is 30.4 Å². The average molecular weight is 246 g/mol. The molecule has 18 heavy (non-hydrogen) atoms. The van der Waals surface area contributed by atoms with Gasteiger partial charge in [0, 0.05) is 18.6 Å². The van der Waals surface area contributed by atoms with Gasteiger partial charge in [0.1, 0.15) is 0 Å². The van der Waals surface area contributed by atoms with E-state index in [4.69, 9.17) is 5.73 Å². The zero-order chi connectivity index (χ0) is 13.0. The molecule has 2 nitrogen and oxygen atoms in total. The second kappa shape index (κ2) is 6.35. The van der Waals surface area contributed by atoms with Crippen LogP contribution in [0.15, 0.2) is 24.3 Å². The Labute approximate surface area is 111 Å². The Morgan fingerprint density at radius 1 is 1.17 bits per heavy atom. The summed E-state index contributed by atoms with van der Waals surface area (Å²) in [5, 5.41) is 0. The molecule has 0 saturated heterocycles. The zero-order valence-electron chi connectivity index (χ0n) is 11.7. The summed E-state index contributed by atoms with van der Waals surface area (Å²) >= 11 is 0. The first kappa shape index (κ1) is 13.6. The van der Waals surface area contributed by atoms with E-state index in [1.54, 1.807) is 0 Å². The first-order valence-corrected chi connectivity index (χ1v) is 7.24. The Hall–Kier alpha value is -0.860. The molecule has 0 heterocycles. The highest BCUT2D eigenvalue weighted by atomic mass is 15.1. The summed E-state index contributed by atoms with van der Waals surface area (Å²) in [4.78, 5) is 2.45. The fourth-order valence-corrected chi connectivity index (χ4v) is 2.93. The van der Waals surface area contributed by atoms with Gasteiger partial charge in [0.15, 0.2) is 0 Å². The number of hydrogen-bond donors (Lipinski definition) is 1. The molecule has 1 fully saturated rings. The predicted molar refractivity (Wildman–Crippen MR) is 77.8 cm³/mol. The van der Waals surface area contributed by atoms with Crippen LogP contribution < -0.4 is 5.73 Å². The van der Waals surface area contributed by atoms with Crippen LogP contribution in [0.25, 0.3) is 0 Å². The van der Waals surface area contributed by atoms with Crippen LogP contribution in [0.4, 0.5) is 0 Å². The third-order valence-electron chi connectivity index (χ3n) is 4.28. The summed E-state index contributed by atoms with van der Waals surface area (Å²) in [5.41, 5.74) is 9.00. The van der Waals surface area contributed by atoms with E-state index in [0.29, 0.717) is 12.1 Å². The van der Waals surface area contributed by atoms with Gasteiger partial charge in [-0.25, -0.2) is 0 Å². The first-order chi connectivity index (χ1) is 8.70. The Bertz CT molecular complexity index is 358. The summed E-state index contributed by atoms with van der Waals surface area (Å²) in [5.74, 6) is 0. The van der Waals surface area contributed by atoms with Crippen LogP contribution in [0, 0.1) is 0 Å². The van der Waals surface area contributed by atoms with Crippen molar-refractivity contribution in [2.45, 2.75) is 51.1 Å². The van der Waals surface area contributed by atoms with Crippen molar-refractivity contribution in [2.75, 3.05) is 13.6 Å². The van der Waals surface area contributed by atoms with Gasteiger partial charge in [-0.2, -0.15) is 0 Å². The van der Waals surface area contributed by atoms with Crippen molar-refractivity contribution in [3.63, 3.8) is 0 Å². The van der Waals surface area contributed by atoms with Gasteiger partial charge in [0.2, 0.25) is 0 Å². The topological polar surface area (TPSA) is 29.3 Å². The number of nitrogens with zero attached hydrogens (tertiary/aromatic N) is 1. The van der Waals surface area contributed by atoms with Gasteiger partial charge < -0.3 is 10.6 Å². The molecule has 2 rings (SSSR count). The van der Waals surface area contributed by atoms with Crippen LogP contribution in [-0.2, 0) is 12.8 Å². The fourth-order valence-electron chi connectivity index (χ4n) is 2.93. The van der Waals surface area contributed by atoms with Crippen LogP contribution in [0.1, 0.15) is 37.3 Å². The van der Waals surface area contributed by atoms with Crippen LogP contribution in [0.3, 0.4) is 0 Å². The van der Waals surface area contributed by atoms with Crippen LogP contribution in [0.5, 0.6) is 0 Å². The van der Waals surface area contributed by atoms with Gasteiger partial charge in [0.25, 0.3) is 0 Å². The number of aryl methyl sites for hydroxylation is 1. The smallest absolute Gasteiger partial charge is 0.0244 e. The minimum Gasteiger partial charge on any atom is -0.326 e. The van der Waals surface area contributed by atoms with E-state index in [1.807, 2.05) is 0 Å².